The van der Waals surface area contributed by atoms with Gasteiger partial charge in [-0.2, -0.15) is 0 Å². The monoisotopic (exact) mass is 315 g/mol. The van der Waals surface area contributed by atoms with Gasteiger partial charge in [-0.25, -0.2) is 0 Å². The van der Waals surface area contributed by atoms with Gasteiger partial charge in [-0.05, 0) is 25.8 Å². The third kappa shape index (κ3) is 3.29. The molecule has 0 aliphatic carbocycles. The predicted octanol–water partition coefficient (Wildman–Crippen LogP) is 1.68. The van der Waals surface area contributed by atoms with E-state index in [4.69, 9.17) is 0 Å². The van der Waals surface area contributed by atoms with Gasteiger partial charge in [0, 0.05) is 31.8 Å². The lowest BCUT2D eigenvalue weighted by Crippen LogP contribution is -2.51. The molecule has 0 bridgehead atoms. The SMILES string of the molecule is CCC1(c2ccc(C)cc2)NCCN1C(=O)/C(C)=C/C(=O)NC. The molecule has 1 atom stereocenters. The number of benzene rings is 1. The molecule has 0 radical (unpaired) electrons. The Labute approximate surface area is 137 Å². The van der Waals surface area contributed by atoms with E-state index in [1.165, 1.54) is 11.6 Å². The Hall–Kier alpha value is -2.14. The van der Waals surface area contributed by atoms with Gasteiger partial charge in [0.15, 0.2) is 0 Å². The van der Waals surface area contributed by atoms with Crippen LogP contribution in [0.3, 0.4) is 0 Å². The van der Waals surface area contributed by atoms with Crippen LogP contribution in [0.4, 0.5) is 0 Å². The summed E-state index contributed by atoms with van der Waals surface area (Å²) in [4.78, 5) is 26.2. The van der Waals surface area contributed by atoms with E-state index in [-0.39, 0.29) is 11.8 Å². The minimum Gasteiger partial charge on any atom is -0.356 e. The summed E-state index contributed by atoms with van der Waals surface area (Å²) in [5, 5.41) is 6.00. The van der Waals surface area contributed by atoms with E-state index in [1.807, 2.05) is 11.8 Å². The maximum atomic E-state index is 12.8. The van der Waals surface area contributed by atoms with E-state index < -0.39 is 5.66 Å². The third-order valence-corrected chi connectivity index (χ3v) is 4.43. The summed E-state index contributed by atoms with van der Waals surface area (Å²) in [6, 6.07) is 8.25. The Morgan fingerprint density at radius 1 is 1.35 bits per heavy atom. The Bertz CT molecular complexity index is 622. The number of nitrogens with one attached hydrogen (secondary N) is 2. The molecule has 1 aliphatic heterocycles. The van der Waals surface area contributed by atoms with Crippen LogP contribution in [0.25, 0.3) is 0 Å². The van der Waals surface area contributed by atoms with Gasteiger partial charge < -0.3 is 10.2 Å². The van der Waals surface area contributed by atoms with Gasteiger partial charge >= 0.3 is 0 Å². The topological polar surface area (TPSA) is 61.4 Å². The van der Waals surface area contributed by atoms with Crippen LogP contribution >= 0.6 is 0 Å². The zero-order chi connectivity index (χ0) is 17.0. The van der Waals surface area contributed by atoms with Gasteiger partial charge in [-0.15, -0.1) is 0 Å². The largest absolute Gasteiger partial charge is 0.356 e. The van der Waals surface area contributed by atoms with Crippen molar-refractivity contribution in [1.29, 1.82) is 0 Å². The van der Waals surface area contributed by atoms with Gasteiger partial charge in [0.2, 0.25) is 5.91 Å². The second-order valence-electron chi connectivity index (χ2n) is 5.91. The van der Waals surface area contributed by atoms with Gasteiger partial charge in [0.05, 0.1) is 0 Å². The molecular formula is C18H25N3O2. The smallest absolute Gasteiger partial charge is 0.251 e. The molecule has 0 saturated carbocycles. The fourth-order valence-corrected chi connectivity index (χ4v) is 3.09. The van der Waals surface area contributed by atoms with Crippen molar-refractivity contribution in [3.63, 3.8) is 0 Å². The summed E-state index contributed by atoms with van der Waals surface area (Å²) in [6.45, 7) is 7.16. The highest BCUT2D eigenvalue weighted by atomic mass is 16.2. The number of rotatable bonds is 4. The molecule has 2 rings (SSSR count). The molecule has 5 heteroatoms. The lowest BCUT2D eigenvalue weighted by Gasteiger charge is -2.38. The first-order valence-electron chi connectivity index (χ1n) is 7.98. The maximum Gasteiger partial charge on any atom is 0.251 e. The quantitative estimate of drug-likeness (QED) is 0.831. The predicted molar refractivity (Wildman–Crippen MR) is 90.7 cm³/mol. The normalized spacial score (nSPS) is 21.4. The molecule has 124 valence electrons. The first-order valence-corrected chi connectivity index (χ1v) is 7.98. The van der Waals surface area contributed by atoms with Crippen LogP contribution in [0.5, 0.6) is 0 Å². The van der Waals surface area contributed by atoms with Crippen molar-refractivity contribution in [2.75, 3.05) is 20.1 Å². The van der Waals surface area contributed by atoms with Crippen LogP contribution in [0, 0.1) is 6.92 Å². The van der Waals surface area contributed by atoms with Crippen molar-refractivity contribution >= 4 is 11.8 Å². The number of nitrogens with zero attached hydrogens (tertiary/aromatic N) is 1. The molecule has 1 fully saturated rings. The van der Waals surface area contributed by atoms with E-state index >= 15 is 0 Å². The Morgan fingerprint density at radius 2 is 2.00 bits per heavy atom. The molecule has 1 aliphatic rings. The fraction of sp³-hybridized carbons (Fsp3) is 0.444. The van der Waals surface area contributed by atoms with Crippen LogP contribution < -0.4 is 10.6 Å². The molecule has 5 nitrogen and oxygen atoms in total. The molecule has 0 spiro atoms. The minimum atomic E-state index is -0.511. The van der Waals surface area contributed by atoms with Crippen LogP contribution in [0.15, 0.2) is 35.9 Å². The lowest BCUT2D eigenvalue weighted by molar-refractivity contribution is -0.132. The van der Waals surface area contributed by atoms with E-state index in [1.54, 1.807) is 14.0 Å². The Kier molecular flexibility index (Phi) is 5.21. The first-order chi connectivity index (χ1) is 10.9. The Morgan fingerprint density at radius 3 is 2.57 bits per heavy atom. The zero-order valence-corrected chi connectivity index (χ0v) is 14.3. The summed E-state index contributed by atoms with van der Waals surface area (Å²) < 4.78 is 0. The summed E-state index contributed by atoms with van der Waals surface area (Å²) >= 11 is 0. The van der Waals surface area contributed by atoms with Gasteiger partial charge in [0.25, 0.3) is 5.91 Å². The van der Waals surface area contributed by atoms with Gasteiger partial charge in [0.1, 0.15) is 5.66 Å². The maximum absolute atomic E-state index is 12.8. The summed E-state index contributed by atoms with van der Waals surface area (Å²) in [5.41, 5.74) is 2.19. The number of hydrogen-bond acceptors (Lipinski definition) is 3. The first kappa shape index (κ1) is 17.2. The Balaban J connectivity index is 2.37. The van der Waals surface area contributed by atoms with E-state index in [9.17, 15) is 9.59 Å². The lowest BCUT2D eigenvalue weighted by atomic mass is 9.94. The van der Waals surface area contributed by atoms with Crippen molar-refractivity contribution < 1.29 is 9.59 Å². The van der Waals surface area contributed by atoms with Crippen molar-refractivity contribution in [2.24, 2.45) is 0 Å². The molecule has 23 heavy (non-hydrogen) atoms. The van der Waals surface area contributed by atoms with E-state index in [0.717, 1.165) is 18.5 Å². The molecule has 1 saturated heterocycles. The standard InChI is InChI=1S/C18H25N3O2/c1-5-18(15-8-6-13(2)7-9-15)20-10-11-21(18)17(23)14(3)12-16(22)19-4/h6-9,12,20H,5,10-11H2,1-4H3,(H,19,22)/b14-12+. The van der Waals surface area contributed by atoms with Crippen LogP contribution in [-0.2, 0) is 15.3 Å². The number of hydrogen-bond donors (Lipinski definition) is 2. The summed E-state index contributed by atoms with van der Waals surface area (Å²) in [5.74, 6) is -0.374. The number of carbonyl (C=O) groups is 2. The van der Waals surface area contributed by atoms with E-state index in [2.05, 4.69) is 41.8 Å². The van der Waals surface area contributed by atoms with Crippen molar-refractivity contribution in [3.8, 4) is 0 Å². The molecule has 0 aromatic heterocycles. The van der Waals surface area contributed by atoms with E-state index in [0.29, 0.717) is 12.1 Å². The average Bonchev–Trinajstić information content (AvgIpc) is 2.99. The molecule has 2 N–H and O–H groups in total. The fourth-order valence-electron chi connectivity index (χ4n) is 3.09. The van der Waals surface area contributed by atoms with Gasteiger partial charge in [-0.1, -0.05) is 36.8 Å². The molecule has 1 aromatic rings. The van der Waals surface area contributed by atoms with Gasteiger partial charge in [-0.3, -0.25) is 14.9 Å². The molecule has 1 unspecified atom stereocenters. The number of aryl methyl sites for hydroxylation is 1. The zero-order valence-electron chi connectivity index (χ0n) is 14.3. The highest BCUT2D eigenvalue weighted by Gasteiger charge is 2.43. The minimum absolute atomic E-state index is 0.110. The van der Waals surface area contributed by atoms with Crippen LogP contribution in [0.2, 0.25) is 0 Å². The molecule has 2 amide bonds. The van der Waals surface area contributed by atoms with Crippen molar-refractivity contribution in [3.05, 3.63) is 47.0 Å². The molecular weight excluding hydrogens is 290 g/mol. The summed E-state index contributed by atoms with van der Waals surface area (Å²) in [6.07, 6.45) is 2.12. The highest BCUT2D eigenvalue weighted by Crippen LogP contribution is 2.33. The number of carbonyl (C=O) groups excluding carboxylic acids is 2. The van der Waals surface area contributed by atoms with Crippen molar-refractivity contribution in [2.45, 2.75) is 32.9 Å². The van der Waals surface area contributed by atoms with Crippen molar-refractivity contribution in [1.82, 2.24) is 15.5 Å². The van der Waals surface area contributed by atoms with Crippen LogP contribution in [0.1, 0.15) is 31.4 Å². The average molecular weight is 315 g/mol. The number of amides is 2. The number of likely N-dealkylation sites (N-methyl/N-ethyl adjacent to an activating group) is 1. The third-order valence-electron chi connectivity index (χ3n) is 4.43. The molecule has 1 aromatic carbocycles. The molecule has 1 heterocycles. The summed E-state index contributed by atoms with van der Waals surface area (Å²) in [7, 11) is 1.55. The second kappa shape index (κ2) is 6.96. The highest BCUT2D eigenvalue weighted by molar-refractivity contribution is 6.00. The van der Waals surface area contributed by atoms with Crippen LogP contribution in [-0.4, -0.2) is 36.9 Å². The second-order valence-corrected chi connectivity index (χ2v) is 5.91.